The van der Waals surface area contributed by atoms with Gasteiger partial charge >= 0.3 is 0 Å². The molecule has 0 fully saturated rings. The number of halogens is 1. The second-order valence-electron chi connectivity index (χ2n) is 5.81. The van der Waals surface area contributed by atoms with E-state index in [9.17, 15) is 20.4 Å². The fraction of sp³-hybridized carbons (Fsp3) is 0.333. The van der Waals surface area contributed by atoms with Gasteiger partial charge in [0.15, 0.2) is 11.5 Å². The molecule has 23 heavy (non-hydrogen) atoms. The average molecular weight is 337 g/mol. The van der Waals surface area contributed by atoms with Crippen LogP contribution in [0.15, 0.2) is 36.4 Å². The van der Waals surface area contributed by atoms with Gasteiger partial charge in [-0.1, -0.05) is 35.9 Å². The zero-order valence-electron chi connectivity index (χ0n) is 13.0. The summed E-state index contributed by atoms with van der Waals surface area (Å²) >= 11 is 6.23. The molecule has 1 unspecified atom stereocenters. The van der Waals surface area contributed by atoms with Crippen LogP contribution in [-0.4, -0.2) is 33.6 Å². The molecule has 124 valence electrons. The van der Waals surface area contributed by atoms with Crippen LogP contribution in [0.25, 0.3) is 0 Å². The number of aliphatic hydroxyl groups excluding tert-OH is 2. The van der Waals surface area contributed by atoms with Crippen molar-refractivity contribution in [3.05, 3.63) is 58.1 Å². The zero-order valence-corrected chi connectivity index (χ0v) is 13.7. The van der Waals surface area contributed by atoms with Crippen molar-refractivity contribution >= 4 is 11.6 Å². The van der Waals surface area contributed by atoms with Crippen LogP contribution in [0.5, 0.6) is 11.5 Å². The molecule has 0 heterocycles. The van der Waals surface area contributed by atoms with Gasteiger partial charge < -0.3 is 20.4 Å². The Morgan fingerprint density at radius 2 is 1.74 bits per heavy atom. The Hall–Kier alpha value is -1.75. The molecule has 4 N–H and O–H groups in total. The van der Waals surface area contributed by atoms with Crippen LogP contribution in [-0.2, 0) is 11.8 Å². The maximum Gasteiger partial charge on any atom is 0.161 e. The summed E-state index contributed by atoms with van der Waals surface area (Å²) in [7, 11) is 0. The molecule has 0 aliphatic rings. The van der Waals surface area contributed by atoms with Crippen LogP contribution in [0.3, 0.4) is 0 Å². The summed E-state index contributed by atoms with van der Waals surface area (Å²) in [4.78, 5) is 0. The van der Waals surface area contributed by atoms with Gasteiger partial charge in [-0.3, -0.25) is 0 Å². The third-order valence-electron chi connectivity index (χ3n) is 4.27. The van der Waals surface area contributed by atoms with Crippen molar-refractivity contribution in [1.29, 1.82) is 0 Å². The monoisotopic (exact) mass is 336 g/mol. The Morgan fingerprint density at radius 3 is 2.35 bits per heavy atom. The molecule has 1 atom stereocenters. The largest absolute Gasteiger partial charge is 0.504 e. The minimum Gasteiger partial charge on any atom is -0.504 e. The van der Waals surface area contributed by atoms with E-state index in [4.69, 9.17) is 11.6 Å². The number of hydrogen-bond donors (Lipinski definition) is 4. The number of phenols is 2. The third kappa shape index (κ3) is 3.44. The SMILES string of the molecule is Cc1ccc(O)c(O)c1C(CO)(CCO)Cc1ccccc1Cl. The predicted octanol–water partition coefficient (Wildman–Crippen LogP) is 2.91. The Morgan fingerprint density at radius 1 is 1.04 bits per heavy atom. The van der Waals surface area contributed by atoms with Gasteiger partial charge in [-0.25, -0.2) is 0 Å². The first-order valence-corrected chi connectivity index (χ1v) is 7.80. The number of benzene rings is 2. The van der Waals surface area contributed by atoms with E-state index >= 15 is 0 Å². The Kier molecular flexibility index (Phi) is 5.52. The third-order valence-corrected chi connectivity index (χ3v) is 4.64. The summed E-state index contributed by atoms with van der Waals surface area (Å²) in [6.07, 6.45) is 0.564. The number of rotatable bonds is 6. The second kappa shape index (κ2) is 7.21. The highest BCUT2D eigenvalue weighted by Crippen LogP contribution is 2.43. The molecule has 0 saturated heterocycles. The van der Waals surface area contributed by atoms with Crippen LogP contribution in [0, 0.1) is 6.92 Å². The average Bonchev–Trinajstić information content (AvgIpc) is 2.53. The highest BCUT2D eigenvalue weighted by atomic mass is 35.5. The van der Waals surface area contributed by atoms with Gasteiger partial charge in [-0.05, 0) is 43.0 Å². The lowest BCUT2D eigenvalue weighted by atomic mass is 9.71. The predicted molar refractivity (Wildman–Crippen MR) is 90.1 cm³/mol. The zero-order chi connectivity index (χ0) is 17.0. The molecule has 0 aliphatic carbocycles. The number of phenolic OH excluding ortho intramolecular Hbond substituents is 2. The smallest absolute Gasteiger partial charge is 0.161 e. The lowest BCUT2D eigenvalue weighted by Crippen LogP contribution is -2.35. The summed E-state index contributed by atoms with van der Waals surface area (Å²) in [5, 5.41) is 40.4. The lowest BCUT2D eigenvalue weighted by Gasteiger charge is -2.34. The molecule has 0 saturated carbocycles. The van der Waals surface area contributed by atoms with E-state index in [2.05, 4.69) is 0 Å². The van der Waals surface area contributed by atoms with E-state index in [1.807, 2.05) is 18.2 Å². The Labute approximate surface area is 140 Å². The van der Waals surface area contributed by atoms with Crippen molar-refractivity contribution in [2.24, 2.45) is 0 Å². The standard InChI is InChI=1S/C18H21ClO4/c1-12-6-7-15(22)17(23)16(12)18(11-21,8-9-20)10-13-4-2-3-5-14(13)19/h2-7,20-23H,8-11H2,1H3. The van der Waals surface area contributed by atoms with Crippen molar-refractivity contribution in [3.63, 3.8) is 0 Å². The van der Waals surface area contributed by atoms with Gasteiger partial charge in [0.25, 0.3) is 0 Å². The van der Waals surface area contributed by atoms with Crippen molar-refractivity contribution in [2.75, 3.05) is 13.2 Å². The van der Waals surface area contributed by atoms with Gasteiger partial charge in [-0.2, -0.15) is 0 Å². The normalized spacial score (nSPS) is 13.7. The van der Waals surface area contributed by atoms with Gasteiger partial charge in [0.2, 0.25) is 0 Å². The fourth-order valence-electron chi connectivity index (χ4n) is 3.09. The van der Waals surface area contributed by atoms with Gasteiger partial charge in [-0.15, -0.1) is 0 Å². The first kappa shape index (κ1) is 17.6. The second-order valence-corrected chi connectivity index (χ2v) is 6.21. The Balaban J connectivity index is 2.61. The van der Waals surface area contributed by atoms with E-state index in [1.165, 1.54) is 6.07 Å². The first-order chi connectivity index (χ1) is 10.9. The quantitative estimate of drug-likeness (QED) is 0.611. The molecule has 2 rings (SSSR count). The number of hydrogen-bond acceptors (Lipinski definition) is 4. The molecule has 0 amide bonds. The molecule has 0 bridgehead atoms. The Bertz CT molecular complexity index is 687. The lowest BCUT2D eigenvalue weighted by molar-refractivity contribution is 0.148. The molecule has 0 aliphatic heterocycles. The van der Waals surface area contributed by atoms with E-state index in [0.29, 0.717) is 17.0 Å². The van der Waals surface area contributed by atoms with E-state index in [-0.39, 0.29) is 31.1 Å². The first-order valence-electron chi connectivity index (χ1n) is 7.42. The molecule has 0 radical (unpaired) electrons. The highest BCUT2D eigenvalue weighted by Gasteiger charge is 2.36. The maximum absolute atomic E-state index is 10.3. The topological polar surface area (TPSA) is 80.9 Å². The molecule has 2 aromatic rings. The fourth-order valence-corrected chi connectivity index (χ4v) is 3.29. The van der Waals surface area contributed by atoms with Crippen molar-refractivity contribution < 1.29 is 20.4 Å². The minimum absolute atomic E-state index is 0.167. The summed E-state index contributed by atoms with van der Waals surface area (Å²) in [6, 6.07) is 10.4. The summed E-state index contributed by atoms with van der Waals surface area (Å²) in [5.74, 6) is -0.514. The van der Waals surface area contributed by atoms with Crippen LogP contribution in [0.2, 0.25) is 5.02 Å². The minimum atomic E-state index is -0.938. The molecule has 5 heteroatoms. The molecule has 0 spiro atoms. The van der Waals surface area contributed by atoms with Crippen LogP contribution >= 0.6 is 11.6 Å². The van der Waals surface area contributed by atoms with Gasteiger partial charge in [0, 0.05) is 22.6 Å². The molecule has 4 nitrogen and oxygen atoms in total. The number of aliphatic hydroxyl groups is 2. The number of aromatic hydroxyl groups is 2. The van der Waals surface area contributed by atoms with Crippen LogP contribution < -0.4 is 0 Å². The molecule has 0 aromatic heterocycles. The molecule has 2 aromatic carbocycles. The van der Waals surface area contributed by atoms with Crippen LogP contribution in [0.1, 0.15) is 23.1 Å². The van der Waals surface area contributed by atoms with Crippen molar-refractivity contribution in [3.8, 4) is 11.5 Å². The summed E-state index contributed by atoms with van der Waals surface area (Å²) < 4.78 is 0. The number of aryl methyl sites for hydroxylation is 1. The van der Waals surface area contributed by atoms with Crippen LogP contribution in [0.4, 0.5) is 0 Å². The highest BCUT2D eigenvalue weighted by molar-refractivity contribution is 6.31. The maximum atomic E-state index is 10.3. The van der Waals surface area contributed by atoms with Crippen molar-refractivity contribution in [2.45, 2.75) is 25.2 Å². The summed E-state index contributed by atoms with van der Waals surface area (Å²) in [6.45, 7) is 1.33. The van der Waals surface area contributed by atoms with Gasteiger partial charge in [0.05, 0.1) is 6.61 Å². The summed E-state index contributed by atoms with van der Waals surface area (Å²) in [5.41, 5.74) is 1.04. The molecular formula is C18H21ClO4. The molecular weight excluding hydrogens is 316 g/mol. The van der Waals surface area contributed by atoms with E-state index < -0.39 is 5.41 Å². The van der Waals surface area contributed by atoms with Gasteiger partial charge in [0.1, 0.15) is 0 Å². The van der Waals surface area contributed by atoms with E-state index in [0.717, 1.165) is 11.1 Å². The van der Waals surface area contributed by atoms with Crippen molar-refractivity contribution in [1.82, 2.24) is 0 Å². The van der Waals surface area contributed by atoms with E-state index in [1.54, 1.807) is 19.1 Å².